The van der Waals surface area contributed by atoms with E-state index >= 15 is 0 Å². The zero-order valence-electron chi connectivity index (χ0n) is 19.0. The Morgan fingerprint density at radius 3 is 2.47 bits per heavy atom. The van der Waals surface area contributed by atoms with Gasteiger partial charge < -0.3 is 4.42 Å². The summed E-state index contributed by atoms with van der Waals surface area (Å²) >= 11 is 0. The van der Waals surface area contributed by atoms with E-state index in [2.05, 4.69) is 10.8 Å². The van der Waals surface area contributed by atoms with E-state index in [9.17, 15) is 13.2 Å². The van der Waals surface area contributed by atoms with E-state index < -0.39 is 15.8 Å². The van der Waals surface area contributed by atoms with E-state index in [0.717, 1.165) is 31.9 Å². The molecule has 0 aliphatic rings. The Kier molecular flexibility index (Phi) is 6.24. The summed E-state index contributed by atoms with van der Waals surface area (Å²) < 4.78 is 33.5. The second-order valence-electron chi connectivity index (χ2n) is 8.16. The molecule has 1 heterocycles. The van der Waals surface area contributed by atoms with Crippen LogP contribution in [-0.4, -0.2) is 26.8 Å². The molecule has 1 N–H and O–H groups in total. The number of anilines is 1. The minimum absolute atomic E-state index is 0.299. The van der Waals surface area contributed by atoms with E-state index in [1.54, 1.807) is 36.4 Å². The van der Waals surface area contributed by atoms with Gasteiger partial charge in [-0.05, 0) is 59.5 Å². The Morgan fingerprint density at radius 2 is 1.74 bits per heavy atom. The molecule has 4 aromatic rings. The Balaban J connectivity index is 1.69. The van der Waals surface area contributed by atoms with Gasteiger partial charge in [0.1, 0.15) is 5.58 Å². The summed E-state index contributed by atoms with van der Waals surface area (Å²) in [5.74, 6) is 0. The van der Waals surface area contributed by atoms with Gasteiger partial charge in [0.05, 0.1) is 17.3 Å². The largest absolute Gasteiger partial charge is 0.422 e. The summed E-state index contributed by atoms with van der Waals surface area (Å²) in [6, 6.07) is 22.0. The minimum Gasteiger partial charge on any atom is -0.422 e. The van der Waals surface area contributed by atoms with Gasteiger partial charge in [-0.1, -0.05) is 36.4 Å². The molecule has 3 aromatic carbocycles. The molecule has 1 aromatic heterocycles. The normalized spacial score (nSPS) is 11.5. The molecular formula is C26H23N3O4S. The van der Waals surface area contributed by atoms with Crippen LogP contribution in [0.2, 0.25) is 0 Å². The van der Waals surface area contributed by atoms with Crippen molar-refractivity contribution < 1.29 is 12.8 Å². The first kappa shape index (κ1) is 23.2. The maximum atomic E-state index is 12.9. The molecule has 0 aliphatic carbocycles. The van der Waals surface area contributed by atoms with E-state index in [1.165, 1.54) is 14.1 Å². The lowest BCUT2D eigenvalue weighted by Gasteiger charge is -2.14. The molecule has 0 bridgehead atoms. The molecule has 4 rings (SSSR count). The number of nitriles is 1. The quantitative estimate of drug-likeness (QED) is 0.417. The van der Waals surface area contributed by atoms with Crippen molar-refractivity contribution in [1.29, 1.82) is 5.26 Å². The highest BCUT2D eigenvalue weighted by molar-refractivity contribution is 7.90. The van der Waals surface area contributed by atoms with Crippen LogP contribution < -0.4 is 10.3 Å². The third kappa shape index (κ3) is 4.71. The van der Waals surface area contributed by atoms with Gasteiger partial charge >= 0.3 is 15.8 Å². The molecular weight excluding hydrogens is 450 g/mol. The van der Waals surface area contributed by atoms with Crippen molar-refractivity contribution >= 4 is 26.9 Å². The molecule has 0 spiro atoms. The molecule has 0 radical (unpaired) electrons. The number of hydrogen-bond acceptors (Lipinski definition) is 5. The van der Waals surface area contributed by atoms with Crippen molar-refractivity contribution in [3.8, 4) is 17.2 Å². The van der Waals surface area contributed by atoms with Crippen molar-refractivity contribution in [2.75, 3.05) is 18.8 Å². The average molecular weight is 474 g/mol. The zero-order valence-corrected chi connectivity index (χ0v) is 19.8. The van der Waals surface area contributed by atoms with Gasteiger partial charge in [-0.25, -0.2) is 4.79 Å². The fourth-order valence-corrected chi connectivity index (χ4v) is 4.34. The predicted octanol–water partition coefficient (Wildman–Crippen LogP) is 4.45. The highest BCUT2D eigenvalue weighted by Crippen LogP contribution is 2.28. The lowest BCUT2D eigenvalue weighted by Crippen LogP contribution is -2.28. The number of benzene rings is 3. The maximum Gasteiger partial charge on any atom is 0.340 e. The highest BCUT2D eigenvalue weighted by Gasteiger charge is 2.15. The third-order valence-electron chi connectivity index (χ3n) is 5.65. The lowest BCUT2D eigenvalue weighted by atomic mass is 9.97. The molecule has 0 atom stereocenters. The van der Waals surface area contributed by atoms with E-state index in [4.69, 9.17) is 9.68 Å². The third-order valence-corrected chi connectivity index (χ3v) is 7.10. The van der Waals surface area contributed by atoms with Crippen molar-refractivity contribution in [3.63, 3.8) is 0 Å². The van der Waals surface area contributed by atoms with Crippen LogP contribution >= 0.6 is 0 Å². The van der Waals surface area contributed by atoms with Crippen molar-refractivity contribution in [2.45, 2.75) is 13.3 Å². The predicted molar refractivity (Wildman–Crippen MR) is 133 cm³/mol. The Hall–Kier alpha value is -3.93. The standard InChI is InChI=1S/C26H23N3O4S/c1-17-23-11-10-21(20-8-4-7-19(12-20)16-27)15-25(23)33-26(30)24(17)14-18-6-5-9-22(13-18)28-34(31,32)29(2)3/h4-13,15,28H,14H2,1-3H3. The van der Waals surface area contributed by atoms with Gasteiger partial charge in [0.2, 0.25) is 0 Å². The van der Waals surface area contributed by atoms with Crippen molar-refractivity contribution in [3.05, 3.63) is 99.4 Å². The number of aryl methyl sites for hydroxylation is 1. The zero-order chi connectivity index (χ0) is 24.5. The van der Waals surface area contributed by atoms with E-state index in [-0.39, 0.29) is 0 Å². The van der Waals surface area contributed by atoms with Crippen LogP contribution in [0.3, 0.4) is 0 Å². The van der Waals surface area contributed by atoms with Crippen LogP contribution in [-0.2, 0) is 16.6 Å². The van der Waals surface area contributed by atoms with E-state index in [0.29, 0.717) is 28.8 Å². The molecule has 34 heavy (non-hydrogen) atoms. The molecule has 0 fully saturated rings. The Bertz CT molecular complexity index is 1600. The average Bonchev–Trinajstić information content (AvgIpc) is 2.81. The first-order valence-corrected chi connectivity index (χ1v) is 12.0. The van der Waals surface area contributed by atoms with Crippen LogP contribution in [0.25, 0.3) is 22.1 Å². The molecule has 0 saturated heterocycles. The summed E-state index contributed by atoms with van der Waals surface area (Å²) in [7, 11) is -0.740. The number of rotatable bonds is 6. The smallest absolute Gasteiger partial charge is 0.340 e. The molecule has 172 valence electrons. The Morgan fingerprint density at radius 1 is 1.00 bits per heavy atom. The number of nitrogens with one attached hydrogen (secondary N) is 1. The number of nitrogens with zero attached hydrogens (tertiary/aromatic N) is 2. The second-order valence-corrected chi connectivity index (χ2v) is 10.0. The molecule has 0 unspecified atom stereocenters. The van der Waals surface area contributed by atoms with Crippen LogP contribution in [0.15, 0.2) is 75.9 Å². The second kappa shape index (κ2) is 9.14. The topological polar surface area (TPSA) is 103 Å². The van der Waals surface area contributed by atoms with Crippen LogP contribution in [0.5, 0.6) is 0 Å². The molecule has 7 nitrogen and oxygen atoms in total. The molecule has 0 aliphatic heterocycles. The first-order chi connectivity index (χ1) is 16.2. The lowest BCUT2D eigenvalue weighted by molar-refractivity contribution is 0.527. The highest BCUT2D eigenvalue weighted by atomic mass is 32.2. The maximum absolute atomic E-state index is 12.9. The van der Waals surface area contributed by atoms with E-state index in [1.807, 2.05) is 37.3 Å². The monoisotopic (exact) mass is 473 g/mol. The Labute approximate surface area is 198 Å². The fraction of sp³-hybridized carbons (Fsp3) is 0.154. The van der Waals surface area contributed by atoms with Gasteiger partial charge in [0, 0.05) is 31.5 Å². The van der Waals surface area contributed by atoms with Crippen LogP contribution in [0.1, 0.15) is 22.3 Å². The minimum atomic E-state index is -3.63. The molecule has 0 saturated carbocycles. The summed E-state index contributed by atoms with van der Waals surface area (Å²) in [5.41, 5.74) is 4.81. The van der Waals surface area contributed by atoms with Gasteiger partial charge in [0.25, 0.3) is 0 Å². The number of fused-ring (bicyclic) bond motifs is 1. The van der Waals surface area contributed by atoms with Crippen LogP contribution in [0.4, 0.5) is 5.69 Å². The SMILES string of the molecule is Cc1c(Cc2cccc(NS(=O)(=O)N(C)C)c2)c(=O)oc2cc(-c3cccc(C#N)c3)ccc12. The molecule has 0 amide bonds. The van der Waals surface area contributed by atoms with Gasteiger partial charge in [-0.2, -0.15) is 18.0 Å². The summed E-state index contributed by atoms with van der Waals surface area (Å²) in [4.78, 5) is 12.9. The van der Waals surface area contributed by atoms with Gasteiger partial charge in [-0.3, -0.25) is 4.72 Å². The summed E-state index contributed by atoms with van der Waals surface area (Å²) in [6.45, 7) is 1.88. The number of hydrogen-bond donors (Lipinski definition) is 1. The van der Waals surface area contributed by atoms with Crippen LogP contribution in [0, 0.1) is 18.3 Å². The first-order valence-electron chi connectivity index (χ1n) is 10.5. The summed E-state index contributed by atoms with van der Waals surface area (Å²) in [5, 5.41) is 9.98. The van der Waals surface area contributed by atoms with Gasteiger partial charge in [-0.15, -0.1) is 0 Å². The molecule has 8 heteroatoms. The van der Waals surface area contributed by atoms with Gasteiger partial charge in [0.15, 0.2) is 0 Å². The fourth-order valence-electron chi connectivity index (χ4n) is 3.74. The van der Waals surface area contributed by atoms with Crippen molar-refractivity contribution in [2.24, 2.45) is 0 Å². The summed E-state index contributed by atoms with van der Waals surface area (Å²) in [6.07, 6.45) is 0.299. The van der Waals surface area contributed by atoms with Crippen molar-refractivity contribution in [1.82, 2.24) is 4.31 Å².